The summed E-state index contributed by atoms with van der Waals surface area (Å²) in [6.45, 7) is 2.75. The Hall–Kier alpha value is -0.540. The summed E-state index contributed by atoms with van der Waals surface area (Å²) < 4.78 is 5.35. The van der Waals surface area contributed by atoms with Gasteiger partial charge in [-0.2, -0.15) is 4.98 Å². The summed E-state index contributed by atoms with van der Waals surface area (Å²) in [6.07, 6.45) is 4.72. The Morgan fingerprint density at radius 3 is 2.86 bits per heavy atom. The standard InChI is InChI=1S/C9H12Cl2N2O/c1-2-3-4-5-14-8-7(10)6-12-9(11)13-8/h6H,2-5H2,1H3. The molecule has 0 aliphatic rings. The largest absolute Gasteiger partial charge is 0.477 e. The number of unbranched alkanes of at least 4 members (excludes halogenated alkanes) is 2. The predicted molar refractivity (Wildman–Crippen MR) is 57.1 cm³/mol. The normalized spacial score (nSPS) is 10.2. The Kier molecular flexibility index (Phi) is 4.98. The van der Waals surface area contributed by atoms with Gasteiger partial charge in [0.2, 0.25) is 11.2 Å². The average Bonchev–Trinajstić information content (AvgIpc) is 2.18. The molecular formula is C9H12Cl2N2O. The summed E-state index contributed by atoms with van der Waals surface area (Å²) in [6, 6.07) is 0. The van der Waals surface area contributed by atoms with Crippen LogP contribution in [0.25, 0.3) is 0 Å². The van der Waals surface area contributed by atoms with E-state index in [-0.39, 0.29) is 5.28 Å². The number of aromatic nitrogens is 2. The van der Waals surface area contributed by atoms with Crippen LogP contribution in [0.4, 0.5) is 0 Å². The van der Waals surface area contributed by atoms with Gasteiger partial charge in [-0.15, -0.1) is 0 Å². The Morgan fingerprint density at radius 1 is 1.36 bits per heavy atom. The van der Waals surface area contributed by atoms with E-state index in [4.69, 9.17) is 27.9 Å². The van der Waals surface area contributed by atoms with Crippen LogP contribution in [-0.4, -0.2) is 16.6 Å². The highest BCUT2D eigenvalue weighted by molar-refractivity contribution is 6.32. The molecule has 0 atom stereocenters. The Labute approximate surface area is 93.4 Å². The van der Waals surface area contributed by atoms with Crippen LogP contribution in [0.3, 0.4) is 0 Å². The van der Waals surface area contributed by atoms with E-state index >= 15 is 0 Å². The van der Waals surface area contributed by atoms with Crippen LogP contribution in [0, 0.1) is 0 Å². The fourth-order valence-corrected chi connectivity index (χ4v) is 1.22. The Balaban J connectivity index is 2.45. The lowest BCUT2D eigenvalue weighted by molar-refractivity contribution is 0.294. The van der Waals surface area contributed by atoms with E-state index in [1.165, 1.54) is 6.20 Å². The molecule has 14 heavy (non-hydrogen) atoms. The van der Waals surface area contributed by atoms with Gasteiger partial charge in [0.25, 0.3) is 0 Å². The number of rotatable bonds is 5. The van der Waals surface area contributed by atoms with Gasteiger partial charge in [-0.05, 0) is 18.0 Å². The highest BCUT2D eigenvalue weighted by Crippen LogP contribution is 2.21. The molecule has 0 aliphatic heterocycles. The van der Waals surface area contributed by atoms with Crippen molar-refractivity contribution < 1.29 is 4.74 Å². The topological polar surface area (TPSA) is 35.0 Å². The van der Waals surface area contributed by atoms with Crippen LogP contribution in [0.1, 0.15) is 26.2 Å². The molecule has 0 radical (unpaired) electrons. The van der Waals surface area contributed by atoms with Gasteiger partial charge >= 0.3 is 0 Å². The molecule has 0 fully saturated rings. The lowest BCUT2D eigenvalue weighted by atomic mass is 10.3. The lowest BCUT2D eigenvalue weighted by Crippen LogP contribution is -2.00. The van der Waals surface area contributed by atoms with E-state index < -0.39 is 0 Å². The third-order valence-corrected chi connectivity index (χ3v) is 2.11. The van der Waals surface area contributed by atoms with Gasteiger partial charge in [0.15, 0.2) is 0 Å². The van der Waals surface area contributed by atoms with Crippen molar-refractivity contribution in [1.29, 1.82) is 0 Å². The SMILES string of the molecule is CCCCCOc1nc(Cl)ncc1Cl. The van der Waals surface area contributed by atoms with Crippen LogP contribution in [-0.2, 0) is 0 Å². The van der Waals surface area contributed by atoms with Crippen molar-refractivity contribution in [2.75, 3.05) is 6.61 Å². The smallest absolute Gasteiger partial charge is 0.237 e. The zero-order valence-corrected chi connectivity index (χ0v) is 9.48. The van der Waals surface area contributed by atoms with Crippen LogP contribution >= 0.6 is 23.2 Å². The first-order valence-corrected chi connectivity index (χ1v) is 5.30. The summed E-state index contributed by atoms with van der Waals surface area (Å²) >= 11 is 11.4. The quantitative estimate of drug-likeness (QED) is 0.579. The molecule has 0 bridgehead atoms. The van der Waals surface area contributed by atoms with Gasteiger partial charge in [0.1, 0.15) is 5.02 Å². The summed E-state index contributed by atoms with van der Waals surface area (Å²) in [4.78, 5) is 7.60. The maximum Gasteiger partial charge on any atom is 0.237 e. The van der Waals surface area contributed by atoms with Crippen molar-refractivity contribution in [3.63, 3.8) is 0 Å². The number of hydrogen-bond donors (Lipinski definition) is 0. The highest BCUT2D eigenvalue weighted by atomic mass is 35.5. The van der Waals surface area contributed by atoms with Gasteiger partial charge in [0.05, 0.1) is 12.8 Å². The van der Waals surface area contributed by atoms with E-state index in [1.807, 2.05) is 0 Å². The number of hydrogen-bond acceptors (Lipinski definition) is 3. The summed E-state index contributed by atoms with van der Waals surface area (Å²) in [5.74, 6) is 0.364. The third kappa shape index (κ3) is 3.68. The first kappa shape index (κ1) is 11.5. The second-order valence-electron chi connectivity index (χ2n) is 2.85. The summed E-state index contributed by atoms with van der Waals surface area (Å²) in [5, 5.41) is 0.547. The number of nitrogens with zero attached hydrogens (tertiary/aromatic N) is 2. The maximum absolute atomic E-state index is 5.80. The lowest BCUT2D eigenvalue weighted by Gasteiger charge is -2.05. The van der Waals surface area contributed by atoms with Crippen molar-refractivity contribution in [2.24, 2.45) is 0 Å². The van der Waals surface area contributed by atoms with E-state index in [9.17, 15) is 0 Å². The minimum atomic E-state index is 0.153. The molecule has 0 N–H and O–H groups in total. The van der Waals surface area contributed by atoms with Gasteiger partial charge in [-0.1, -0.05) is 31.4 Å². The summed E-state index contributed by atoms with van der Waals surface area (Å²) in [5.41, 5.74) is 0. The van der Waals surface area contributed by atoms with Gasteiger partial charge < -0.3 is 4.74 Å². The molecule has 78 valence electrons. The molecule has 5 heteroatoms. The first-order valence-electron chi connectivity index (χ1n) is 4.55. The Bertz CT molecular complexity index is 294. The molecule has 1 aromatic rings. The first-order chi connectivity index (χ1) is 6.74. The van der Waals surface area contributed by atoms with Crippen LogP contribution < -0.4 is 4.74 Å². The monoisotopic (exact) mass is 234 g/mol. The van der Waals surface area contributed by atoms with E-state index in [0.717, 1.165) is 19.3 Å². The van der Waals surface area contributed by atoms with E-state index in [2.05, 4.69) is 16.9 Å². The molecule has 0 saturated heterocycles. The Morgan fingerprint density at radius 2 is 2.14 bits per heavy atom. The van der Waals surface area contributed by atoms with Crippen molar-refractivity contribution in [3.8, 4) is 5.88 Å². The van der Waals surface area contributed by atoms with E-state index in [1.54, 1.807) is 0 Å². The highest BCUT2D eigenvalue weighted by Gasteiger charge is 2.04. The minimum Gasteiger partial charge on any atom is -0.477 e. The average molecular weight is 235 g/mol. The van der Waals surface area contributed by atoms with Crippen LogP contribution in [0.15, 0.2) is 6.20 Å². The molecule has 0 unspecified atom stereocenters. The zero-order chi connectivity index (χ0) is 10.4. The molecule has 0 aliphatic carbocycles. The molecular weight excluding hydrogens is 223 g/mol. The van der Waals surface area contributed by atoms with E-state index in [0.29, 0.717) is 17.5 Å². The molecule has 1 aromatic heterocycles. The zero-order valence-electron chi connectivity index (χ0n) is 7.96. The van der Waals surface area contributed by atoms with Crippen LogP contribution in [0.5, 0.6) is 5.88 Å². The van der Waals surface area contributed by atoms with Crippen molar-refractivity contribution >= 4 is 23.2 Å². The second-order valence-corrected chi connectivity index (χ2v) is 3.59. The fraction of sp³-hybridized carbons (Fsp3) is 0.556. The van der Waals surface area contributed by atoms with Gasteiger partial charge in [-0.25, -0.2) is 4.98 Å². The second kappa shape index (κ2) is 6.04. The molecule has 0 amide bonds. The van der Waals surface area contributed by atoms with Crippen LogP contribution in [0.2, 0.25) is 10.3 Å². The van der Waals surface area contributed by atoms with Crippen molar-refractivity contribution in [3.05, 3.63) is 16.5 Å². The third-order valence-electron chi connectivity index (χ3n) is 1.67. The predicted octanol–water partition coefficient (Wildman–Crippen LogP) is 3.35. The molecule has 1 heterocycles. The number of ether oxygens (including phenoxy) is 1. The van der Waals surface area contributed by atoms with Crippen molar-refractivity contribution in [2.45, 2.75) is 26.2 Å². The van der Waals surface area contributed by atoms with Gasteiger partial charge in [-0.3, -0.25) is 0 Å². The number of halogens is 2. The molecule has 0 saturated carbocycles. The molecule has 1 rings (SSSR count). The maximum atomic E-state index is 5.80. The molecule has 0 aromatic carbocycles. The molecule has 3 nitrogen and oxygen atoms in total. The minimum absolute atomic E-state index is 0.153. The molecule has 0 spiro atoms. The van der Waals surface area contributed by atoms with Gasteiger partial charge in [0, 0.05) is 0 Å². The fourth-order valence-electron chi connectivity index (χ4n) is 0.953. The van der Waals surface area contributed by atoms with Crippen molar-refractivity contribution in [1.82, 2.24) is 9.97 Å². The summed E-state index contributed by atoms with van der Waals surface area (Å²) in [7, 11) is 0.